The fourth-order valence-electron chi connectivity index (χ4n) is 4.29. The van der Waals surface area contributed by atoms with Crippen molar-refractivity contribution in [1.82, 2.24) is 19.9 Å². The number of benzene rings is 4. The van der Waals surface area contributed by atoms with Gasteiger partial charge in [0.25, 0.3) is 20.0 Å². The third-order valence-electron chi connectivity index (χ3n) is 6.34. The summed E-state index contributed by atoms with van der Waals surface area (Å²) in [5, 5.41) is 8.16. The van der Waals surface area contributed by atoms with Crippen LogP contribution in [0.3, 0.4) is 0 Å². The lowest BCUT2D eigenvalue weighted by atomic mass is 10.1. The van der Waals surface area contributed by atoms with Crippen LogP contribution in [0.4, 0.5) is 28.1 Å². The van der Waals surface area contributed by atoms with E-state index in [0.29, 0.717) is 22.1 Å². The maximum Gasteiger partial charge on any atom is 0.323 e. The summed E-state index contributed by atoms with van der Waals surface area (Å²) in [7, 11) is -7.90. The van der Waals surface area contributed by atoms with Gasteiger partial charge in [-0.15, -0.1) is 0 Å². The maximum absolute atomic E-state index is 12.9. The van der Waals surface area contributed by atoms with Gasteiger partial charge in [0.1, 0.15) is 0 Å². The minimum atomic E-state index is -3.95. The third-order valence-corrected chi connectivity index (χ3v) is 8.99. The number of fused-ring (bicyclic) bond motifs is 2. The molecular weight excluding hydrogens is 605 g/mol. The van der Waals surface area contributed by atoms with Gasteiger partial charge in [-0.1, -0.05) is 24.3 Å². The molecule has 0 aliphatic heterocycles. The molecule has 6 rings (SSSR count). The second-order valence-electron chi connectivity index (χ2n) is 9.38. The first-order valence-corrected chi connectivity index (χ1v) is 15.9. The Morgan fingerprint density at radius 3 is 1.30 bits per heavy atom. The van der Waals surface area contributed by atoms with Crippen LogP contribution < -0.4 is 20.1 Å². The van der Waals surface area contributed by atoms with E-state index in [0.717, 1.165) is 10.8 Å². The lowest BCUT2D eigenvalue weighted by Gasteiger charge is -2.11. The van der Waals surface area contributed by atoms with Crippen molar-refractivity contribution in [3.8, 4) is 0 Å². The number of carbonyl (C=O) groups excluding carboxylic acids is 1. The Kier molecular flexibility index (Phi) is 7.46. The topological polar surface area (TPSA) is 185 Å². The van der Waals surface area contributed by atoms with Crippen LogP contribution in [-0.2, 0) is 20.0 Å². The first-order valence-electron chi connectivity index (χ1n) is 12.9. The number of rotatable bonds is 8. The van der Waals surface area contributed by atoms with Crippen molar-refractivity contribution in [3.05, 3.63) is 110 Å². The van der Waals surface area contributed by atoms with Crippen molar-refractivity contribution in [3.63, 3.8) is 0 Å². The van der Waals surface area contributed by atoms with E-state index in [1.54, 1.807) is 60.7 Å². The number of hydrogen-bond acceptors (Lipinski definition) is 9. The number of carbonyl (C=O) groups is 1. The second kappa shape index (κ2) is 11.5. The highest BCUT2D eigenvalue weighted by Crippen LogP contribution is 2.26. The van der Waals surface area contributed by atoms with Gasteiger partial charge in [0.05, 0.1) is 9.79 Å². The van der Waals surface area contributed by atoms with Crippen molar-refractivity contribution in [2.45, 2.75) is 9.79 Å². The third kappa shape index (κ3) is 6.38. The molecule has 0 atom stereocenters. The number of nitrogens with one attached hydrogen (secondary N) is 4. The van der Waals surface area contributed by atoms with Crippen LogP contribution in [0.1, 0.15) is 0 Å². The van der Waals surface area contributed by atoms with E-state index >= 15 is 0 Å². The van der Waals surface area contributed by atoms with E-state index in [4.69, 9.17) is 0 Å². The van der Waals surface area contributed by atoms with Crippen LogP contribution in [0, 0.1) is 0 Å². The van der Waals surface area contributed by atoms with Gasteiger partial charge in [0.15, 0.2) is 0 Å². The molecule has 2 aromatic heterocycles. The molecule has 0 saturated carbocycles. The monoisotopic (exact) mass is 626 g/mol. The minimum Gasteiger partial charge on any atom is -0.308 e. The lowest BCUT2D eigenvalue weighted by molar-refractivity contribution is 0.262. The SMILES string of the molecule is O=C(Nc1ccc2ccc(S(=O)(=O)Nc3ncccn3)cc2c1)Nc1ccc2ccc(S(=O)(=O)Nc3ncccn3)cc2c1. The van der Waals surface area contributed by atoms with Gasteiger partial charge in [0.2, 0.25) is 11.9 Å². The van der Waals surface area contributed by atoms with Gasteiger partial charge in [-0.25, -0.2) is 51.0 Å². The zero-order chi connectivity index (χ0) is 30.7. The van der Waals surface area contributed by atoms with Crippen molar-refractivity contribution >= 4 is 70.9 Å². The summed E-state index contributed by atoms with van der Waals surface area (Å²) in [5.74, 6) is -0.102. The second-order valence-corrected chi connectivity index (χ2v) is 12.7. The zero-order valence-electron chi connectivity index (χ0n) is 22.5. The molecule has 4 aromatic carbocycles. The summed E-state index contributed by atoms with van der Waals surface area (Å²) in [5.41, 5.74) is 0.847. The van der Waals surface area contributed by atoms with Gasteiger partial charge in [-0.05, 0) is 82.2 Å². The molecule has 2 heterocycles. The Morgan fingerprint density at radius 2 is 0.886 bits per heavy atom. The quantitative estimate of drug-likeness (QED) is 0.184. The number of aromatic nitrogens is 4. The molecule has 0 saturated heterocycles. The Morgan fingerprint density at radius 1 is 0.500 bits per heavy atom. The molecule has 0 spiro atoms. The van der Waals surface area contributed by atoms with Gasteiger partial charge < -0.3 is 10.6 Å². The highest BCUT2D eigenvalue weighted by Gasteiger charge is 2.18. The molecule has 0 unspecified atom stereocenters. The van der Waals surface area contributed by atoms with E-state index in [1.165, 1.54) is 49.1 Å². The zero-order valence-corrected chi connectivity index (χ0v) is 24.2. The molecule has 0 radical (unpaired) electrons. The normalized spacial score (nSPS) is 11.6. The summed E-state index contributed by atoms with van der Waals surface area (Å²) < 4.78 is 56.1. The van der Waals surface area contributed by atoms with E-state index in [2.05, 4.69) is 40.0 Å². The molecule has 0 fully saturated rings. The highest BCUT2D eigenvalue weighted by molar-refractivity contribution is 7.93. The van der Waals surface area contributed by atoms with Crippen LogP contribution >= 0.6 is 0 Å². The highest BCUT2D eigenvalue weighted by atomic mass is 32.2. The predicted molar refractivity (Wildman–Crippen MR) is 166 cm³/mol. The summed E-state index contributed by atoms with van der Waals surface area (Å²) in [6.07, 6.45) is 5.70. The fourth-order valence-corrected chi connectivity index (χ4v) is 6.28. The summed E-state index contributed by atoms with van der Waals surface area (Å²) >= 11 is 0. The minimum absolute atomic E-state index is 0.00287. The van der Waals surface area contributed by atoms with Gasteiger partial charge in [-0.3, -0.25) is 0 Å². The number of nitrogens with zero attached hydrogens (tertiary/aromatic N) is 4. The van der Waals surface area contributed by atoms with Crippen LogP contribution in [0.2, 0.25) is 0 Å². The molecule has 0 aliphatic carbocycles. The van der Waals surface area contributed by atoms with Gasteiger partial charge in [-0.2, -0.15) is 0 Å². The summed E-state index contributed by atoms with van der Waals surface area (Å²) in [6, 6.07) is 22.0. The van der Waals surface area contributed by atoms with Crippen molar-refractivity contribution < 1.29 is 21.6 Å². The molecule has 15 heteroatoms. The fraction of sp³-hybridized carbons (Fsp3) is 0. The number of hydrogen-bond donors (Lipinski definition) is 4. The molecule has 4 N–H and O–H groups in total. The van der Waals surface area contributed by atoms with Gasteiger partial charge >= 0.3 is 6.03 Å². The van der Waals surface area contributed by atoms with Crippen LogP contribution in [0.25, 0.3) is 21.5 Å². The van der Waals surface area contributed by atoms with Crippen molar-refractivity contribution in [1.29, 1.82) is 0 Å². The van der Waals surface area contributed by atoms with E-state index in [1.807, 2.05) is 0 Å². The summed E-state index contributed by atoms with van der Waals surface area (Å²) in [6.45, 7) is 0. The maximum atomic E-state index is 12.9. The average Bonchev–Trinajstić information content (AvgIpc) is 3.01. The Hall–Kier alpha value is -5.67. The van der Waals surface area contributed by atoms with Crippen molar-refractivity contribution in [2.24, 2.45) is 0 Å². The predicted octanol–water partition coefficient (Wildman–Crippen LogP) is 4.82. The van der Waals surface area contributed by atoms with Crippen LogP contribution in [0.5, 0.6) is 0 Å². The number of amides is 2. The first-order chi connectivity index (χ1) is 21.1. The molecule has 220 valence electrons. The molecule has 0 bridgehead atoms. The first kappa shape index (κ1) is 28.4. The Balaban J connectivity index is 1.18. The number of urea groups is 1. The lowest BCUT2D eigenvalue weighted by Crippen LogP contribution is -2.19. The van der Waals surface area contributed by atoms with Crippen molar-refractivity contribution in [2.75, 3.05) is 20.1 Å². The molecular formula is C29H22N8O5S2. The average molecular weight is 627 g/mol. The molecule has 13 nitrogen and oxygen atoms in total. The van der Waals surface area contributed by atoms with E-state index in [-0.39, 0.29) is 21.7 Å². The molecule has 0 aliphatic rings. The number of anilines is 4. The smallest absolute Gasteiger partial charge is 0.308 e. The Labute approximate surface area is 251 Å². The summed E-state index contributed by atoms with van der Waals surface area (Å²) in [4.78, 5) is 28.4. The van der Waals surface area contributed by atoms with Crippen LogP contribution in [-0.4, -0.2) is 42.8 Å². The number of sulfonamides is 2. The largest absolute Gasteiger partial charge is 0.323 e. The molecule has 6 aromatic rings. The van der Waals surface area contributed by atoms with Gasteiger partial charge in [0, 0.05) is 36.2 Å². The standard InChI is InChI=1S/C29H22N8O5S2/c38-29(34-23-7-3-19-5-9-25(17-21(19)15-23)43(39,40)36-27-30-11-1-12-31-27)35-24-8-4-20-6-10-26(18-22(20)16-24)44(41,42)37-28-32-13-2-14-33-28/h1-18H,(H,30,31,36)(H,32,33,37)(H2,34,35,38). The van der Waals surface area contributed by atoms with Crippen LogP contribution in [0.15, 0.2) is 120 Å². The molecule has 44 heavy (non-hydrogen) atoms. The Bertz CT molecular complexity index is 2080. The molecule has 2 amide bonds. The van der Waals surface area contributed by atoms with E-state index in [9.17, 15) is 21.6 Å². The van der Waals surface area contributed by atoms with E-state index < -0.39 is 26.1 Å².